The van der Waals surface area contributed by atoms with Crippen LogP contribution in [-0.4, -0.2) is 17.1 Å². The van der Waals surface area contributed by atoms with Gasteiger partial charge in [0.2, 0.25) is 5.75 Å². The van der Waals surface area contributed by atoms with E-state index in [1.165, 1.54) is 13.4 Å². The van der Waals surface area contributed by atoms with E-state index in [-0.39, 0.29) is 5.88 Å². The second-order valence-corrected chi connectivity index (χ2v) is 4.09. The molecule has 0 fully saturated rings. The zero-order chi connectivity index (χ0) is 13.0. The molecule has 0 aliphatic carbocycles. The van der Waals surface area contributed by atoms with Gasteiger partial charge < -0.3 is 14.9 Å². The van der Waals surface area contributed by atoms with E-state index >= 15 is 0 Å². The Morgan fingerprint density at radius 3 is 2.72 bits per heavy atom. The van der Waals surface area contributed by atoms with E-state index < -0.39 is 0 Å². The summed E-state index contributed by atoms with van der Waals surface area (Å²) in [6.07, 6.45) is 1.34. The Morgan fingerprint density at radius 1 is 1.28 bits per heavy atom. The largest absolute Gasteiger partial charge is 0.489 e. The monoisotopic (exact) mass is 310 g/mol. The summed E-state index contributed by atoms with van der Waals surface area (Å²) in [5, 5.41) is 0. The Hall–Kier alpha value is -1.86. The number of benzene rings is 1. The molecule has 0 bridgehead atoms. The number of hydrogen-bond acceptors (Lipinski definition) is 6. The first-order valence-corrected chi connectivity index (χ1v) is 5.83. The highest BCUT2D eigenvalue weighted by Gasteiger charge is 2.14. The Bertz CT molecular complexity index is 550. The number of nitrogens with two attached hydrogens (primary N) is 1. The molecule has 0 saturated carbocycles. The number of nitrogen functional groups attached to an aromatic ring is 1. The van der Waals surface area contributed by atoms with Gasteiger partial charge in [0.05, 0.1) is 11.6 Å². The number of ether oxygens (including phenoxy) is 2. The first kappa shape index (κ1) is 12.6. The van der Waals surface area contributed by atoms with Crippen LogP contribution in [0.25, 0.3) is 0 Å². The average Bonchev–Trinajstić information content (AvgIpc) is 2.41. The number of anilines is 1. The lowest BCUT2D eigenvalue weighted by atomic mass is 10.3. The van der Waals surface area contributed by atoms with Crippen LogP contribution in [0.1, 0.15) is 0 Å². The molecule has 0 spiro atoms. The second kappa shape index (κ2) is 5.65. The molecule has 0 saturated heterocycles. The molecule has 3 N–H and O–H groups in total. The van der Waals surface area contributed by atoms with Crippen molar-refractivity contribution in [1.82, 2.24) is 9.97 Å². The molecule has 1 aromatic carbocycles. The maximum Gasteiger partial charge on any atom is 0.268 e. The minimum absolute atomic E-state index is 0.285. The van der Waals surface area contributed by atoms with E-state index in [0.717, 1.165) is 4.47 Å². The van der Waals surface area contributed by atoms with E-state index in [2.05, 4.69) is 31.3 Å². The van der Waals surface area contributed by atoms with Crippen molar-refractivity contribution < 1.29 is 9.47 Å². The van der Waals surface area contributed by atoms with E-state index in [4.69, 9.17) is 15.3 Å². The van der Waals surface area contributed by atoms with Crippen LogP contribution in [0, 0.1) is 0 Å². The topological polar surface area (TPSA) is 82.3 Å². The molecule has 2 aromatic rings. The standard InChI is InChI=1S/C11H11BrN4O2/c1-17-9-10(16-13)14-6-15-11(9)18-8-5-3-2-4-7(8)12/h2-6H,13H2,1H3,(H,14,15,16). The summed E-state index contributed by atoms with van der Waals surface area (Å²) in [4.78, 5) is 7.95. The number of methoxy groups -OCH3 is 1. The van der Waals surface area contributed by atoms with E-state index in [9.17, 15) is 0 Å². The van der Waals surface area contributed by atoms with Crippen molar-refractivity contribution in [2.24, 2.45) is 5.84 Å². The Kier molecular flexibility index (Phi) is 3.96. The van der Waals surface area contributed by atoms with Crippen LogP contribution in [0.15, 0.2) is 35.1 Å². The molecule has 6 nitrogen and oxygen atoms in total. The smallest absolute Gasteiger partial charge is 0.268 e. The van der Waals surface area contributed by atoms with Crippen molar-refractivity contribution in [3.05, 3.63) is 35.1 Å². The van der Waals surface area contributed by atoms with Gasteiger partial charge in [-0.25, -0.2) is 10.8 Å². The molecule has 94 valence electrons. The van der Waals surface area contributed by atoms with Crippen molar-refractivity contribution >= 4 is 21.7 Å². The van der Waals surface area contributed by atoms with Crippen LogP contribution in [0.3, 0.4) is 0 Å². The molecule has 0 radical (unpaired) electrons. The minimum atomic E-state index is 0.285. The number of aromatic nitrogens is 2. The third-order valence-corrected chi connectivity index (χ3v) is 2.81. The lowest BCUT2D eigenvalue weighted by Gasteiger charge is -2.12. The number of rotatable bonds is 4. The fraction of sp³-hybridized carbons (Fsp3) is 0.0909. The SMILES string of the molecule is COc1c(NN)ncnc1Oc1ccccc1Br. The number of nitrogens with one attached hydrogen (secondary N) is 1. The van der Waals surface area contributed by atoms with Gasteiger partial charge in [0.25, 0.3) is 5.88 Å². The van der Waals surface area contributed by atoms with Crippen LogP contribution in [-0.2, 0) is 0 Å². The fourth-order valence-corrected chi connectivity index (χ4v) is 1.71. The summed E-state index contributed by atoms with van der Waals surface area (Å²) in [7, 11) is 1.49. The molecule has 0 unspecified atom stereocenters. The molecule has 0 aliphatic heterocycles. The molecule has 1 aromatic heterocycles. The van der Waals surface area contributed by atoms with Gasteiger partial charge in [-0.05, 0) is 28.1 Å². The van der Waals surface area contributed by atoms with Crippen molar-refractivity contribution in [2.45, 2.75) is 0 Å². The zero-order valence-electron chi connectivity index (χ0n) is 9.55. The van der Waals surface area contributed by atoms with Crippen LogP contribution in [0.4, 0.5) is 5.82 Å². The molecule has 1 heterocycles. The summed E-state index contributed by atoms with van der Waals surface area (Å²) in [6.45, 7) is 0. The van der Waals surface area contributed by atoms with Gasteiger partial charge >= 0.3 is 0 Å². The number of halogens is 1. The van der Waals surface area contributed by atoms with Gasteiger partial charge in [0.15, 0.2) is 5.82 Å². The van der Waals surface area contributed by atoms with Crippen molar-refractivity contribution in [3.8, 4) is 17.4 Å². The van der Waals surface area contributed by atoms with Gasteiger partial charge in [0, 0.05) is 0 Å². The Balaban J connectivity index is 2.37. The molecule has 7 heteroatoms. The number of hydrazine groups is 1. The fourth-order valence-electron chi connectivity index (χ4n) is 1.35. The number of hydrogen-bond donors (Lipinski definition) is 2. The highest BCUT2D eigenvalue weighted by molar-refractivity contribution is 9.10. The van der Waals surface area contributed by atoms with Gasteiger partial charge in [-0.3, -0.25) is 0 Å². The van der Waals surface area contributed by atoms with Crippen LogP contribution in [0.5, 0.6) is 17.4 Å². The summed E-state index contributed by atoms with van der Waals surface area (Å²) >= 11 is 3.39. The predicted molar refractivity (Wildman–Crippen MR) is 70.6 cm³/mol. The predicted octanol–water partition coefficient (Wildman–Crippen LogP) is 2.33. The molecule has 0 aliphatic rings. The summed E-state index contributed by atoms with van der Waals surface area (Å²) in [5.74, 6) is 6.94. The number of nitrogens with zero attached hydrogens (tertiary/aromatic N) is 2. The zero-order valence-corrected chi connectivity index (χ0v) is 11.1. The number of para-hydroxylation sites is 1. The maximum absolute atomic E-state index is 5.66. The van der Waals surface area contributed by atoms with Crippen molar-refractivity contribution in [3.63, 3.8) is 0 Å². The van der Waals surface area contributed by atoms with Crippen molar-refractivity contribution in [1.29, 1.82) is 0 Å². The van der Waals surface area contributed by atoms with E-state index in [1.54, 1.807) is 6.07 Å². The van der Waals surface area contributed by atoms with Crippen LogP contribution >= 0.6 is 15.9 Å². The van der Waals surface area contributed by atoms with E-state index in [0.29, 0.717) is 17.3 Å². The average molecular weight is 311 g/mol. The molecule has 0 atom stereocenters. The third kappa shape index (κ3) is 2.52. The molecule has 18 heavy (non-hydrogen) atoms. The quantitative estimate of drug-likeness (QED) is 0.666. The first-order chi connectivity index (χ1) is 8.76. The molecule has 2 rings (SSSR count). The molecular formula is C11H11BrN4O2. The van der Waals surface area contributed by atoms with Crippen LogP contribution < -0.4 is 20.7 Å². The minimum Gasteiger partial charge on any atom is -0.489 e. The van der Waals surface area contributed by atoms with Crippen LogP contribution in [0.2, 0.25) is 0 Å². The highest BCUT2D eigenvalue weighted by Crippen LogP contribution is 2.36. The maximum atomic E-state index is 5.66. The third-order valence-electron chi connectivity index (χ3n) is 2.16. The Labute approximate surface area is 112 Å². The lowest BCUT2D eigenvalue weighted by molar-refractivity contribution is 0.368. The summed E-state index contributed by atoms with van der Waals surface area (Å²) < 4.78 is 11.6. The van der Waals surface area contributed by atoms with E-state index in [1.807, 2.05) is 18.2 Å². The first-order valence-electron chi connectivity index (χ1n) is 5.04. The van der Waals surface area contributed by atoms with Gasteiger partial charge in [0.1, 0.15) is 12.1 Å². The second-order valence-electron chi connectivity index (χ2n) is 3.24. The summed E-state index contributed by atoms with van der Waals surface area (Å²) in [6, 6.07) is 7.42. The molecule has 0 amide bonds. The Morgan fingerprint density at radius 2 is 2.06 bits per heavy atom. The lowest BCUT2D eigenvalue weighted by Crippen LogP contribution is -2.11. The van der Waals surface area contributed by atoms with Gasteiger partial charge in [-0.2, -0.15) is 4.98 Å². The van der Waals surface area contributed by atoms with Gasteiger partial charge in [-0.15, -0.1) is 0 Å². The highest BCUT2D eigenvalue weighted by atomic mass is 79.9. The molecular weight excluding hydrogens is 300 g/mol. The summed E-state index contributed by atoms with van der Waals surface area (Å²) in [5.41, 5.74) is 2.42. The van der Waals surface area contributed by atoms with Gasteiger partial charge in [-0.1, -0.05) is 12.1 Å². The normalized spacial score (nSPS) is 9.94. The van der Waals surface area contributed by atoms with Crippen molar-refractivity contribution in [2.75, 3.05) is 12.5 Å².